The van der Waals surface area contributed by atoms with Crippen molar-refractivity contribution in [1.82, 2.24) is 4.98 Å². The van der Waals surface area contributed by atoms with E-state index in [4.69, 9.17) is 16.5 Å². The average molecular weight is 482 g/mol. The second-order valence-electron chi connectivity index (χ2n) is 8.57. The molecular formula is C25H31N5OS2. The van der Waals surface area contributed by atoms with Gasteiger partial charge in [0.05, 0.1) is 5.69 Å². The van der Waals surface area contributed by atoms with Crippen LogP contribution in [0, 0.1) is 23.2 Å². The van der Waals surface area contributed by atoms with Crippen molar-refractivity contribution in [3.63, 3.8) is 0 Å². The van der Waals surface area contributed by atoms with Gasteiger partial charge >= 0.3 is 0 Å². The lowest BCUT2D eigenvalue weighted by Gasteiger charge is -2.24. The maximum atomic E-state index is 11.9. The highest BCUT2D eigenvalue weighted by Gasteiger charge is 2.25. The van der Waals surface area contributed by atoms with E-state index in [0.717, 1.165) is 24.1 Å². The third kappa shape index (κ3) is 5.37. The average Bonchev–Trinajstić information content (AvgIpc) is 3.42. The van der Waals surface area contributed by atoms with E-state index in [2.05, 4.69) is 45.2 Å². The number of carbonyl (C=O) groups excluding carboxylic acids is 1. The molecule has 3 heterocycles. The summed E-state index contributed by atoms with van der Waals surface area (Å²) >= 11 is 2.70. The molecule has 5 N–H and O–H groups in total. The Balaban J connectivity index is 2.06. The summed E-state index contributed by atoms with van der Waals surface area (Å²) in [5.74, 6) is 0.917. The number of rotatable bonds is 10. The number of allylic oxidation sites excluding steroid dienone is 2. The van der Waals surface area contributed by atoms with Crippen molar-refractivity contribution in [2.45, 2.75) is 47.0 Å². The van der Waals surface area contributed by atoms with Crippen LogP contribution < -0.4 is 16.8 Å². The van der Waals surface area contributed by atoms with Gasteiger partial charge in [0.1, 0.15) is 27.2 Å². The Morgan fingerprint density at radius 2 is 2.15 bits per heavy atom. The Labute approximate surface area is 203 Å². The summed E-state index contributed by atoms with van der Waals surface area (Å²) in [6, 6.07) is 6.22. The topological polar surface area (TPSA) is 118 Å². The second kappa shape index (κ2) is 10.8. The highest BCUT2D eigenvalue weighted by Crippen LogP contribution is 2.44. The molecule has 2 atom stereocenters. The second-order valence-corrected chi connectivity index (χ2v) is 10.5. The molecule has 0 aliphatic carbocycles. The molecule has 33 heavy (non-hydrogen) atoms. The summed E-state index contributed by atoms with van der Waals surface area (Å²) in [4.78, 5) is 18.5. The number of fused-ring (bicyclic) bond motifs is 1. The molecule has 0 aromatic carbocycles. The molecule has 0 fully saturated rings. The zero-order chi connectivity index (χ0) is 24.1. The Morgan fingerprint density at radius 1 is 1.39 bits per heavy atom. The van der Waals surface area contributed by atoms with Gasteiger partial charge in [0.25, 0.3) is 5.91 Å². The quantitative estimate of drug-likeness (QED) is 0.290. The fourth-order valence-corrected chi connectivity index (χ4v) is 5.71. The van der Waals surface area contributed by atoms with Crippen molar-refractivity contribution in [2.75, 3.05) is 17.6 Å². The molecule has 0 spiro atoms. The number of nitriles is 1. The van der Waals surface area contributed by atoms with Gasteiger partial charge in [-0.25, -0.2) is 4.98 Å². The number of thiophene rings is 2. The molecule has 6 nitrogen and oxygen atoms in total. The van der Waals surface area contributed by atoms with Crippen LogP contribution >= 0.6 is 22.7 Å². The van der Waals surface area contributed by atoms with Crippen LogP contribution in [0.2, 0.25) is 0 Å². The molecule has 0 aliphatic heterocycles. The summed E-state index contributed by atoms with van der Waals surface area (Å²) in [7, 11) is 0. The number of carbonyl (C=O) groups is 1. The Hall–Kier alpha value is -2.89. The lowest BCUT2D eigenvalue weighted by molar-refractivity contribution is 0.100. The molecule has 3 aromatic rings. The first-order valence-electron chi connectivity index (χ1n) is 11.1. The van der Waals surface area contributed by atoms with E-state index >= 15 is 0 Å². The first kappa shape index (κ1) is 24.7. The van der Waals surface area contributed by atoms with E-state index in [1.54, 1.807) is 0 Å². The van der Waals surface area contributed by atoms with Gasteiger partial charge in [0.15, 0.2) is 0 Å². The van der Waals surface area contributed by atoms with E-state index in [-0.39, 0.29) is 4.88 Å². The molecule has 0 bridgehead atoms. The van der Waals surface area contributed by atoms with Gasteiger partial charge in [-0.15, -0.1) is 22.7 Å². The summed E-state index contributed by atoms with van der Waals surface area (Å²) in [5, 5.41) is 16.2. The predicted molar refractivity (Wildman–Crippen MR) is 141 cm³/mol. The molecule has 3 rings (SSSR count). The van der Waals surface area contributed by atoms with Crippen molar-refractivity contribution in [3.05, 3.63) is 39.6 Å². The van der Waals surface area contributed by atoms with Crippen molar-refractivity contribution in [1.29, 1.82) is 5.26 Å². The van der Waals surface area contributed by atoms with Gasteiger partial charge in [0, 0.05) is 22.4 Å². The first-order chi connectivity index (χ1) is 15.8. The van der Waals surface area contributed by atoms with Crippen LogP contribution in [0.1, 0.15) is 62.2 Å². The first-order valence-corrected chi connectivity index (χ1v) is 12.8. The monoisotopic (exact) mass is 481 g/mol. The fraction of sp³-hybridized carbons (Fsp3) is 0.400. The molecule has 0 radical (unpaired) electrons. The minimum absolute atomic E-state index is 0.274. The third-order valence-electron chi connectivity index (χ3n) is 6.05. The molecular weight excluding hydrogens is 450 g/mol. The van der Waals surface area contributed by atoms with Gasteiger partial charge in [-0.1, -0.05) is 38.0 Å². The smallest absolute Gasteiger partial charge is 0.260 e. The summed E-state index contributed by atoms with van der Waals surface area (Å²) in [6.45, 7) is 9.43. The number of hydrogen-bond donors (Lipinski definition) is 3. The molecule has 1 amide bonds. The summed E-state index contributed by atoms with van der Waals surface area (Å²) in [6.07, 6.45) is 5.45. The molecule has 3 aromatic heterocycles. The van der Waals surface area contributed by atoms with Gasteiger partial charge in [-0.05, 0) is 50.0 Å². The van der Waals surface area contributed by atoms with E-state index in [9.17, 15) is 10.1 Å². The van der Waals surface area contributed by atoms with E-state index in [1.165, 1.54) is 28.2 Å². The molecule has 174 valence electrons. The van der Waals surface area contributed by atoms with Gasteiger partial charge in [0.2, 0.25) is 0 Å². The van der Waals surface area contributed by atoms with Crippen molar-refractivity contribution < 1.29 is 4.79 Å². The van der Waals surface area contributed by atoms with Crippen molar-refractivity contribution in [3.8, 4) is 16.5 Å². The number of nitrogen functional groups attached to an aromatic ring is 1. The zero-order valence-electron chi connectivity index (χ0n) is 19.6. The van der Waals surface area contributed by atoms with Gasteiger partial charge < -0.3 is 16.8 Å². The predicted octanol–water partition coefficient (Wildman–Crippen LogP) is 6.40. The van der Waals surface area contributed by atoms with Crippen LogP contribution in [0.3, 0.4) is 0 Å². The number of pyridine rings is 1. The van der Waals surface area contributed by atoms with Crippen LogP contribution in [0.15, 0.2) is 29.2 Å². The number of anilines is 2. The minimum atomic E-state index is -0.586. The standard InChI is InChI=1S/C25H31N5OS2/c1-5-15(4)16(9-6-8-14(2)3)13-29-24-17(12-26)19(18-10-7-11-32-18)20-21(27)22(23(28)31)33-25(20)30-24/h7-8,10-11,15-16H,5-6,9,13,27H2,1-4H3,(H2,28,31)(H,29,30). The normalized spacial score (nSPS) is 12.8. The number of amides is 1. The Bertz CT molecular complexity index is 1200. The highest BCUT2D eigenvalue weighted by atomic mass is 32.1. The van der Waals surface area contributed by atoms with Crippen LogP contribution in [0.5, 0.6) is 0 Å². The molecule has 0 aliphatic rings. The summed E-state index contributed by atoms with van der Waals surface area (Å²) in [5.41, 5.74) is 14.6. The summed E-state index contributed by atoms with van der Waals surface area (Å²) < 4.78 is 0. The number of nitrogens with zero attached hydrogens (tertiary/aromatic N) is 2. The van der Waals surface area contributed by atoms with Crippen LogP contribution in [-0.4, -0.2) is 17.4 Å². The van der Waals surface area contributed by atoms with Gasteiger partial charge in [-0.3, -0.25) is 4.79 Å². The largest absolute Gasteiger partial charge is 0.397 e. The van der Waals surface area contributed by atoms with E-state index in [0.29, 0.717) is 51.2 Å². The Kier molecular flexibility index (Phi) is 8.11. The number of primary amides is 1. The molecule has 8 heteroatoms. The number of hydrogen-bond acceptors (Lipinski definition) is 7. The van der Waals surface area contributed by atoms with Crippen LogP contribution in [0.4, 0.5) is 11.5 Å². The van der Waals surface area contributed by atoms with Crippen molar-refractivity contribution >= 4 is 50.3 Å². The Morgan fingerprint density at radius 3 is 2.73 bits per heavy atom. The van der Waals surface area contributed by atoms with Crippen molar-refractivity contribution in [2.24, 2.45) is 17.6 Å². The highest BCUT2D eigenvalue weighted by molar-refractivity contribution is 7.21. The van der Waals surface area contributed by atoms with Crippen LogP contribution in [0.25, 0.3) is 20.7 Å². The molecule has 0 saturated carbocycles. The SMILES string of the molecule is CCC(C)C(CCC=C(C)C)CNc1nc2sc(C(N)=O)c(N)c2c(-c2cccs2)c1C#N. The maximum absolute atomic E-state index is 11.9. The maximum Gasteiger partial charge on any atom is 0.260 e. The number of nitrogens with one attached hydrogen (secondary N) is 1. The molecule has 2 unspecified atom stereocenters. The lowest BCUT2D eigenvalue weighted by atomic mass is 9.87. The molecule has 0 saturated heterocycles. The van der Waals surface area contributed by atoms with E-state index < -0.39 is 5.91 Å². The van der Waals surface area contributed by atoms with Gasteiger partial charge in [-0.2, -0.15) is 5.26 Å². The third-order valence-corrected chi connectivity index (χ3v) is 8.05. The fourth-order valence-electron chi connectivity index (χ4n) is 3.97. The minimum Gasteiger partial charge on any atom is -0.397 e. The lowest BCUT2D eigenvalue weighted by Crippen LogP contribution is -2.22. The van der Waals surface area contributed by atoms with Crippen LogP contribution in [-0.2, 0) is 0 Å². The van der Waals surface area contributed by atoms with E-state index in [1.807, 2.05) is 17.5 Å². The number of aromatic nitrogens is 1. The number of nitrogens with two attached hydrogens (primary N) is 2. The zero-order valence-corrected chi connectivity index (χ0v) is 21.2.